The molecule has 18 heavy (non-hydrogen) atoms. The first kappa shape index (κ1) is 15.5. The number of hydrogen-bond acceptors (Lipinski definition) is 3. The minimum Gasteiger partial charge on any atom is -0.496 e. The van der Waals surface area contributed by atoms with Gasteiger partial charge in [0, 0.05) is 22.8 Å². The third-order valence-electron chi connectivity index (χ3n) is 2.35. The smallest absolute Gasteiger partial charge is 0.261 e. The maximum Gasteiger partial charge on any atom is 0.261 e. The Bertz CT molecular complexity index is 398. The van der Waals surface area contributed by atoms with E-state index in [9.17, 15) is 4.79 Å². The molecule has 102 valence electrons. The Morgan fingerprint density at radius 2 is 2.22 bits per heavy atom. The second kappa shape index (κ2) is 6.57. The molecular weight excluding hydrogens is 314 g/mol. The van der Waals surface area contributed by atoms with Crippen LogP contribution in [-0.4, -0.2) is 24.4 Å². The van der Waals surface area contributed by atoms with Gasteiger partial charge in [-0.2, -0.15) is 0 Å². The third kappa shape index (κ3) is 5.40. The molecule has 0 bridgehead atoms. The highest BCUT2D eigenvalue weighted by Crippen LogP contribution is 2.24. The summed E-state index contributed by atoms with van der Waals surface area (Å²) >= 11 is 4.99. The fraction of sp³-hybridized carbons (Fsp3) is 0.615. The van der Waals surface area contributed by atoms with Crippen LogP contribution in [0.5, 0.6) is 5.75 Å². The van der Waals surface area contributed by atoms with Gasteiger partial charge in [0.1, 0.15) is 5.75 Å². The van der Waals surface area contributed by atoms with Crippen molar-refractivity contribution in [1.82, 2.24) is 5.32 Å². The third-order valence-corrected chi connectivity index (χ3v) is 3.91. The van der Waals surface area contributed by atoms with Gasteiger partial charge in [-0.3, -0.25) is 4.79 Å². The zero-order valence-electron chi connectivity index (χ0n) is 11.2. The van der Waals surface area contributed by atoms with Gasteiger partial charge in [0.2, 0.25) is 0 Å². The van der Waals surface area contributed by atoms with E-state index in [1.807, 2.05) is 5.38 Å². The molecule has 0 saturated heterocycles. The summed E-state index contributed by atoms with van der Waals surface area (Å²) < 4.78 is 5.06. The number of ether oxygens (including phenoxy) is 1. The summed E-state index contributed by atoms with van der Waals surface area (Å²) in [7, 11) is 1.60. The molecule has 1 rings (SSSR count). The van der Waals surface area contributed by atoms with E-state index >= 15 is 0 Å². The molecule has 0 aliphatic heterocycles. The summed E-state index contributed by atoms with van der Waals surface area (Å²) in [5.41, 5.74) is 0.255. The van der Waals surface area contributed by atoms with Crippen LogP contribution >= 0.6 is 27.3 Å². The Morgan fingerprint density at radius 1 is 1.56 bits per heavy atom. The SMILES string of the molecule is COc1csc(C(=O)NCC(Br)CC(C)(C)C)c1. The predicted octanol–water partition coefficient (Wildman–Crippen LogP) is 3.69. The molecule has 3 nitrogen and oxygen atoms in total. The lowest BCUT2D eigenvalue weighted by atomic mass is 9.90. The molecule has 1 amide bonds. The van der Waals surface area contributed by atoms with Crippen LogP contribution in [0.1, 0.15) is 36.9 Å². The van der Waals surface area contributed by atoms with Crippen molar-refractivity contribution in [2.24, 2.45) is 5.41 Å². The Morgan fingerprint density at radius 3 is 2.72 bits per heavy atom. The van der Waals surface area contributed by atoms with Gasteiger partial charge in [-0.25, -0.2) is 0 Å². The predicted molar refractivity (Wildman–Crippen MR) is 80.0 cm³/mol. The van der Waals surface area contributed by atoms with Crippen LogP contribution in [0.15, 0.2) is 11.4 Å². The monoisotopic (exact) mass is 333 g/mol. The van der Waals surface area contributed by atoms with E-state index in [1.165, 1.54) is 11.3 Å². The molecule has 1 atom stereocenters. The lowest BCUT2D eigenvalue weighted by Gasteiger charge is -2.22. The van der Waals surface area contributed by atoms with Gasteiger partial charge >= 0.3 is 0 Å². The summed E-state index contributed by atoms with van der Waals surface area (Å²) in [6.45, 7) is 7.20. The number of thiophene rings is 1. The normalized spacial score (nSPS) is 13.2. The molecule has 1 aromatic heterocycles. The molecule has 0 aliphatic carbocycles. The minimum atomic E-state index is -0.0401. The quantitative estimate of drug-likeness (QED) is 0.834. The van der Waals surface area contributed by atoms with Crippen LogP contribution in [0.4, 0.5) is 0 Å². The van der Waals surface area contributed by atoms with Crippen molar-refractivity contribution in [3.05, 3.63) is 16.3 Å². The first-order valence-electron chi connectivity index (χ1n) is 5.86. The molecule has 5 heteroatoms. The van der Waals surface area contributed by atoms with Crippen molar-refractivity contribution >= 4 is 33.2 Å². The summed E-state index contributed by atoms with van der Waals surface area (Å²) in [5, 5.41) is 4.76. The number of nitrogens with one attached hydrogen (secondary N) is 1. The molecule has 0 fully saturated rings. The maximum absolute atomic E-state index is 11.9. The molecule has 0 saturated carbocycles. The highest BCUT2D eigenvalue weighted by molar-refractivity contribution is 9.09. The van der Waals surface area contributed by atoms with E-state index in [0.29, 0.717) is 16.2 Å². The zero-order valence-corrected chi connectivity index (χ0v) is 13.7. The van der Waals surface area contributed by atoms with Crippen molar-refractivity contribution in [2.75, 3.05) is 13.7 Å². The number of hydrogen-bond donors (Lipinski definition) is 1. The Kier molecular flexibility index (Phi) is 5.66. The van der Waals surface area contributed by atoms with E-state index in [1.54, 1.807) is 13.2 Å². The van der Waals surface area contributed by atoms with Crippen molar-refractivity contribution in [3.8, 4) is 5.75 Å². The number of halogens is 1. The maximum atomic E-state index is 11.9. The summed E-state index contributed by atoms with van der Waals surface area (Å²) in [6.07, 6.45) is 1.01. The van der Waals surface area contributed by atoms with Crippen molar-refractivity contribution < 1.29 is 9.53 Å². The standard InChI is InChI=1S/C13H20BrNO2S/c1-13(2,3)6-9(14)7-15-12(16)11-5-10(17-4)8-18-11/h5,8-9H,6-7H2,1-4H3,(H,15,16). The van der Waals surface area contributed by atoms with Crippen LogP contribution in [0.2, 0.25) is 0 Å². The number of rotatable bonds is 5. The van der Waals surface area contributed by atoms with Crippen LogP contribution in [-0.2, 0) is 0 Å². The molecule has 1 unspecified atom stereocenters. The van der Waals surface area contributed by atoms with Crippen LogP contribution in [0, 0.1) is 5.41 Å². The molecule has 1 aromatic rings. The molecular formula is C13H20BrNO2S. The number of carbonyl (C=O) groups excluding carboxylic acids is 1. The Labute approximate surface area is 121 Å². The molecule has 0 radical (unpaired) electrons. The van der Waals surface area contributed by atoms with Gasteiger partial charge in [0.25, 0.3) is 5.91 Å². The highest BCUT2D eigenvalue weighted by Gasteiger charge is 2.17. The second-order valence-corrected chi connectivity index (χ2v) is 7.63. The van der Waals surface area contributed by atoms with Crippen molar-refractivity contribution in [2.45, 2.75) is 32.0 Å². The Balaban J connectivity index is 2.41. The van der Waals surface area contributed by atoms with E-state index in [2.05, 4.69) is 42.0 Å². The van der Waals surface area contributed by atoms with E-state index in [4.69, 9.17) is 4.74 Å². The first-order chi connectivity index (χ1) is 8.31. The summed E-state index contributed by atoms with van der Waals surface area (Å²) in [6, 6.07) is 1.76. The molecule has 0 aromatic carbocycles. The number of alkyl halides is 1. The second-order valence-electron chi connectivity index (χ2n) is 5.42. The summed E-state index contributed by atoms with van der Waals surface area (Å²) in [5.74, 6) is 0.692. The largest absolute Gasteiger partial charge is 0.496 e. The number of carbonyl (C=O) groups is 1. The van der Waals surface area contributed by atoms with Gasteiger partial charge in [-0.1, -0.05) is 36.7 Å². The van der Waals surface area contributed by atoms with E-state index < -0.39 is 0 Å². The number of amides is 1. The van der Waals surface area contributed by atoms with Crippen LogP contribution < -0.4 is 10.1 Å². The van der Waals surface area contributed by atoms with Gasteiger partial charge in [0.15, 0.2) is 0 Å². The lowest BCUT2D eigenvalue weighted by molar-refractivity contribution is 0.0956. The van der Waals surface area contributed by atoms with Gasteiger partial charge < -0.3 is 10.1 Å². The van der Waals surface area contributed by atoms with Gasteiger partial charge in [-0.05, 0) is 11.8 Å². The van der Waals surface area contributed by atoms with Gasteiger partial charge in [-0.15, -0.1) is 11.3 Å². The van der Waals surface area contributed by atoms with Crippen LogP contribution in [0.25, 0.3) is 0 Å². The van der Waals surface area contributed by atoms with E-state index in [-0.39, 0.29) is 11.3 Å². The van der Waals surface area contributed by atoms with E-state index in [0.717, 1.165) is 12.2 Å². The summed E-state index contributed by atoms with van der Waals surface area (Å²) in [4.78, 5) is 12.8. The topological polar surface area (TPSA) is 38.3 Å². The first-order valence-corrected chi connectivity index (χ1v) is 7.66. The minimum absolute atomic E-state index is 0.0401. The van der Waals surface area contributed by atoms with Crippen LogP contribution in [0.3, 0.4) is 0 Å². The fourth-order valence-corrected chi connectivity index (χ4v) is 3.48. The fourth-order valence-electron chi connectivity index (χ4n) is 1.57. The average Bonchev–Trinajstić information content (AvgIpc) is 2.72. The molecule has 1 N–H and O–H groups in total. The molecule has 0 spiro atoms. The average molecular weight is 334 g/mol. The number of methoxy groups -OCH3 is 1. The molecule has 1 heterocycles. The highest BCUT2D eigenvalue weighted by atomic mass is 79.9. The van der Waals surface area contributed by atoms with Crippen molar-refractivity contribution in [3.63, 3.8) is 0 Å². The lowest BCUT2D eigenvalue weighted by Crippen LogP contribution is -2.30. The van der Waals surface area contributed by atoms with Gasteiger partial charge in [0.05, 0.1) is 12.0 Å². The van der Waals surface area contributed by atoms with Crippen molar-refractivity contribution in [1.29, 1.82) is 0 Å². The zero-order chi connectivity index (χ0) is 13.8. The molecule has 0 aliphatic rings. The Hall–Kier alpha value is -0.550.